The molecule has 1 fully saturated rings. The molecule has 1 aliphatic heterocycles. The van der Waals surface area contributed by atoms with Gasteiger partial charge < -0.3 is 27.0 Å². The average Bonchev–Trinajstić information content (AvgIpc) is 2.54. The van der Waals surface area contributed by atoms with Gasteiger partial charge in [-0.15, -0.1) is 0 Å². The van der Waals surface area contributed by atoms with Crippen molar-refractivity contribution in [1.29, 1.82) is 0 Å². The molecule has 0 spiro atoms. The van der Waals surface area contributed by atoms with Gasteiger partial charge in [0.25, 0.3) is 0 Å². The highest BCUT2D eigenvalue weighted by molar-refractivity contribution is 5.39. The largest absolute Gasteiger partial charge is 0.368 e. The van der Waals surface area contributed by atoms with E-state index in [1.54, 1.807) is 0 Å². The number of nitrogen functional groups attached to an aromatic ring is 2. The van der Waals surface area contributed by atoms with Crippen LogP contribution in [-0.4, -0.2) is 59.1 Å². The van der Waals surface area contributed by atoms with Crippen LogP contribution in [-0.2, 0) is 0 Å². The molecule has 0 aliphatic carbocycles. The number of hydrogen-bond acceptors (Lipinski definition) is 8. The Kier molecular flexibility index (Phi) is 4.11. The number of nitrogens with two attached hydrogens (primary N) is 3. The standard InChI is InChI=1S/C10H20N8/c11-2-5-17-3-1-4-18(7-6-17)10-15-8(12)14-9(13)16-10/h1-7,11H2,(H4,12,13,14,15,16). The third-order valence-electron chi connectivity index (χ3n) is 2.97. The summed E-state index contributed by atoms with van der Waals surface area (Å²) < 4.78 is 0. The number of aromatic nitrogens is 3. The molecule has 6 N–H and O–H groups in total. The summed E-state index contributed by atoms with van der Waals surface area (Å²) in [5.41, 5.74) is 16.7. The molecular formula is C10H20N8. The van der Waals surface area contributed by atoms with Gasteiger partial charge in [0.2, 0.25) is 17.8 Å². The van der Waals surface area contributed by atoms with Crippen molar-refractivity contribution in [2.45, 2.75) is 6.42 Å². The van der Waals surface area contributed by atoms with Gasteiger partial charge in [-0.2, -0.15) is 15.0 Å². The maximum atomic E-state index is 5.58. The van der Waals surface area contributed by atoms with Crippen LogP contribution in [0.4, 0.5) is 17.8 Å². The van der Waals surface area contributed by atoms with Gasteiger partial charge in [0.15, 0.2) is 0 Å². The average molecular weight is 252 g/mol. The lowest BCUT2D eigenvalue weighted by atomic mass is 10.4. The third-order valence-corrected chi connectivity index (χ3v) is 2.97. The van der Waals surface area contributed by atoms with Crippen LogP contribution in [0.1, 0.15) is 6.42 Å². The Labute approximate surface area is 106 Å². The molecule has 8 heteroatoms. The summed E-state index contributed by atoms with van der Waals surface area (Å²) in [6, 6.07) is 0. The Morgan fingerprint density at radius 2 is 1.67 bits per heavy atom. The summed E-state index contributed by atoms with van der Waals surface area (Å²) >= 11 is 0. The minimum Gasteiger partial charge on any atom is -0.368 e. The summed E-state index contributed by atoms with van der Waals surface area (Å²) in [6.07, 6.45) is 1.05. The Morgan fingerprint density at radius 3 is 2.33 bits per heavy atom. The topological polar surface area (TPSA) is 123 Å². The third kappa shape index (κ3) is 3.17. The zero-order chi connectivity index (χ0) is 13.0. The highest BCUT2D eigenvalue weighted by atomic mass is 15.3. The van der Waals surface area contributed by atoms with Crippen molar-refractivity contribution in [3.05, 3.63) is 0 Å². The Morgan fingerprint density at radius 1 is 0.944 bits per heavy atom. The van der Waals surface area contributed by atoms with E-state index in [-0.39, 0.29) is 11.9 Å². The molecule has 2 heterocycles. The second-order valence-electron chi connectivity index (χ2n) is 4.32. The lowest BCUT2D eigenvalue weighted by Crippen LogP contribution is -2.34. The highest BCUT2D eigenvalue weighted by Gasteiger charge is 2.17. The van der Waals surface area contributed by atoms with Crippen molar-refractivity contribution in [1.82, 2.24) is 19.9 Å². The van der Waals surface area contributed by atoms with Crippen molar-refractivity contribution >= 4 is 17.8 Å². The molecule has 2 rings (SSSR count). The number of nitrogens with zero attached hydrogens (tertiary/aromatic N) is 5. The summed E-state index contributed by atoms with van der Waals surface area (Å²) in [6.45, 7) is 5.35. The quantitative estimate of drug-likeness (QED) is 0.594. The van der Waals surface area contributed by atoms with E-state index < -0.39 is 0 Å². The molecule has 18 heavy (non-hydrogen) atoms. The van der Waals surface area contributed by atoms with Crippen LogP contribution in [0.25, 0.3) is 0 Å². The van der Waals surface area contributed by atoms with Crippen molar-refractivity contribution < 1.29 is 0 Å². The second-order valence-corrected chi connectivity index (χ2v) is 4.32. The zero-order valence-corrected chi connectivity index (χ0v) is 10.4. The maximum absolute atomic E-state index is 5.58. The lowest BCUT2D eigenvalue weighted by Gasteiger charge is -2.21. The van der Waals surface area contributed by atoms with Gasteiger partial charge in [0.05, 0.1) is 0 Å². The first-order valence-electron chi connectivity index (χ1n) is 6.13. The molecule has 0 bridgehead atoms. The fourth-order valence-electron chi connectivity index (χ4n) is 2.12. The van der Waals surface area contributed by atoms with Crippen LogP contribution in [0.5, 0.6) is 0 Å². The van der Waals surface area contributed by atoms with Crippen molar-refractivity contribution in [2.24, 2.45) is 5.73 Å². The van der Waals surface area contributed by atoms with Gasteiger partial charge in [0, 0.05) is 32.7 Å². The van der Waals surface area contributed by atoms with E-state index in [1.165, 1.54) is 0 Å². The maximum Gasteiger partial charge on any atom is 0.231 e. The summed E-state index contributed by atoms with van der Waals surface area (Å²) in [4.78, 5) is 16.5. The van der Waals surface area contributed by atoms with Crippen LogP contribution in [0.3, 0.4) is 0 Å². The molecule has 1 aromatic heterocycles. The zero-order valence-electron chi connectivity index (χ0n) is 10.4. The molecule has 1 aliphatic rings. The molecule has 0 amide bonds. The van der Waals surface area contributed by atoms with Crippen LogP contribution in [0, 0.1) is 0 Å². The van der Waals surface area contributed by atoms with E-state index in [9.17, 15) is 0 Å². The monoisotopic (exact) mass is 252 g/mol. The van der Waals surface area contributed by atoms with Gasteiger partial charge >= 0.3 is 0 Å². The van der Waals surface area contributed by atoms with Crippen molar-refractivity contribution in [3.8, 4) is 0 Å². The van der Waals surface area contributed by atoms with E-state index >= 15 is 0 Å². The molecular weight excluding hydrogens is 232 g/mol. The minimum atomic E-state index is 0.167. The van der Waals surface area contributed by atoms with Crippen LogP contribution in [0.15, 0.2) is 0 Å². The molecule has 0 radical (unpaired) electrons. The summed E-state index contributed by atoms with van der Waals surface area (Å²) in [5.74, 6) is 0.899. The SMILES string of the molecule is NCCN1CCCN(c2nc(N)nc(N)n2)CC1. The first-order valence-corrected chi connectivity index (χ1v) is 6.13. The van der Waals surface area contributed by atoms with E-state index in [2.05, 4.69) is 24.8 Å². The van der Waals surface area contributed by atoms with E-state index in [0.29, 0.717) is 12.5 Å². The molecule has 0 aromatic carbocycles. The minimum absolute atomic E-state index is 0.167. The van der Waals surface area contributed by atoms with Gasteiger partial charge in [-0.25, -0.2) is 0 Å². The second kappa shape index (κ2) is 5.78. The predicted molar refractivity (Wildman–Crippen MR) is 71.0 cm³/mol. The van der Waals surface area contributed by atoms with Crippen molar-refractivity contribution in [3.63, 3.8) is 0 Å². The Balaban J connectivity index is 2.05. The van der Waals surface area contributed by atoms with Gasteiger partial charge in [-0.05, 0) is 13.0 Å². The smallest absolute Gasteiger partial charge is 0.231 e. The first kappa shape index (κ1) is 12.8. The normalized spacial score (nSPS) is 17.7. The van der Waals surface area contributed by atoms with Gasteiger partial charge in [0.1, 0.15) is 0 Å². The molecule has 0 unspecified atom stereocenters. The number of anilines is 3. The highest BCUT2D eigenvalue weighted by Crippen LogP contribution is 2.13. The molecule has 1 saturated heterocycles. The number of hydrogen-bond donors (Lipinski definition) is 3. The first-order chi connectivity index (χ1) is 8.69. The number of rotatable bonds is 3. The van der Waals surface area contributed by atoms with E-state index in [4.69, 9.17) is 17.2 Å². The molecule has 8 nitrogen and oxygen atoms in total. The summed E-state index contributed by atoms with van der Waals surface area (Å²) in [7, 11) is 0. The fraction of sp³-hybridized carbons (Fsp3) is 0.700. The summed E-state index contributed by atoms with van der Waals surface area (Å²) in [5, 5.41) is 0. The van der Waals surface area contributed by atoms with Gasteiger partial charge in [-0.1, -0.05) is 0 Å². The lowest BCUT2D eigenvalue weighted by molar-refractivity contribution is 0.302. The van der Waals surface area contributed by atoms with E-state index in [0.717, 1.165) is 39.1 Å². The van der Waals surface area contributed by atoms with Gasteiger partial charge in [-0.3, -0.25) is 0 Å². The van der Waals surface area contributed by atoms with Crippen LogP contribution in [0.2, 0.25) is 0 Å². The van der Waals surface area contributed by atoms with Crippen LogP contribution < -0.4 is 22.1 Å². The fourth-order valence-corrected chi connectivity index (χ4v) is 2.12. The Hall–Kier alpha value is -1.67. The van der Waals surface area contributed by atoms with Crippen LogP contribution >= 0.6 is 0 Å². The Bertz CT molecular complexity index is 375. The molecule has 100 valence electrons. The molecule has 0 atom stereocenters. The van der Waals surface area contributed by atoms with Crippen molar-refractivity contribution in [2.75, 3.05) is 55.6 Å². The molecule has 1 aromatic rings. The predicted octanol–water partition coefficient (Wildman–Crippen LogP) is -1.49. The van der Waals surface area contributed by atoms with E-state index in [1.807, 2.05) is 0 Å². The molecule has 0 saturated carbocycles.